The van der Waals surface area contributed by atoms with Crippen LogP contribution < -0.4 is 10.1 Å². The van der Waals surface area contributed by atoms with Gasteiger partial charge in [-0.25, -0.2) is 4.98 Å². The molecule has 0 amide bonds. The zero-order chi connectivity index (χ0) is 14.9. The Morgan fingerprint density at radius 1 is 1.45 bits per heavy atom. The van der Waals surface area contributed by atoms with Crippen molar-refractivity contribution in [2.24, 2.45) is 5.41 Å². The van der Waals surface area contributed by atoms with Crippen molar-refractivity contribution in [2.75, 3.05) is 7.11 Å². The first kappa shape index (κ1) is 14.4. The second kappa shape index (κ2) is 5.15. The number of imidazole rings is 1. The molecule has 2 heterocycles. The Morgan fingerprint density at radius 2 is 2.15 bits per heavy atom. The largest absolute Gasteiger partial charge is 0.481 e. The highest BCUT2D eigenvalue weighted by Crippen LogP contribution is 2.24. The molecule has 1 N–H and O–H groups in total. The van der Waals surface area contributed by atoms with Crippen molar-refractivity contribution in [1.82, 2.24) is 19.7 Å². The molecule has 20 heavy (non-hydrogen) atoms. The molecule has 0 fully saturated rings. The molecule has 0 spiro atoms. The van der Waals surface area contributed by atoms with E-state index in [0.29, 0.717) is 12.4 Å². The molecule has 5 heteroatoms. The zero-order valence-electron chi connectivity index (χ0n) is 12.8. The van der Waals surface area contributed by atoms with Gasteiger partial charge >= 0.3 is 0 Å². The van der Waals surface area contributed by atoms with Crippen molar-refractivity contribution >= 4 is 5.65 Å². The smallest absolute Gasteiger partial charge is 0.223 e. The minimum absolute atomic E-state index is 0.0110. The summed E-state index contributed by atoms with van der Waals surface area (Å²) in [7, 11) is 1.63. The molecule has 2 aromatic rings. The van der Waals surface area contributed by atoms with E-state index in [0.717, 1.165) is 22.7 Å². The summed E-state index contributed by atoms with van der Waals surface area (Å²) in [6.45, 7) is 13.0. The summed E-state index contributed by atoms with van der Waals surface area (Å²) in [5.41, 5.74) is 2.79. The Balaban J connectivity index is 2.36. The molecule has 0 saturated heterocycles. The maximum absolute atomic E-state index is 5.39. The summed E-state index contributed by atoms with van der Waals surface area (Å²) in [5, 5.41) is 3.35. The normalized spacial score (nSPS) is 11.7. The third kappa shape index (κ3) is 2.61. The number of fused-ring (bicyclic) bond motifs is 1. The molecular formula is C15H22N4O. The molecule has 0 bridgehead atoms. The van der Waals surface area contributed by atoms with Crippen LogP contribution in [0.1, 0.15) is 32.2 Å². The van der Waals surface area contributed by atoms with Crippen molar-refractivity contribution in [3.63, 3.8) is 0 Å². The fourth-order valence-corrected chi connectivity index (χ4v) is 1.94. The summed E-state index contributed by atoms with van der Waals surface area (Å²) < 4.78 is 7.35. The van der Waals surface area contributed by atoms with E-state index in [4.69, 9.17) is 4.74 Å². The van der Waals surface area contributed by atoms with E-state index >= 15 is 0 Å². The van der Waals surface area contributed by atoms with E-state index < -0.39 is 0 Å². The number of nitrogens with zero attached hydrogens (tertiary/aromatic N) is 3. The predicted molar refractivity (Wildman–Crippen MR) is 79.7 cm³/mol. The molecule has 0 aliphatic heterocycles. The predicted octanol–water partition coefficient (Wildman–Crippen LogP) is 2.70. The molecule has 0 aliphatic carbocycles. The highest BCUT2D eigenvalue weighted by molar-refractivity contribution is 5.53. The summed E-state index contributed by atoms with van der Waals surface area (Å²) >= 11 is 0. The second-order valence-electron chi connectivity index (χ2n) is 5.85. The Kier molecular flexibility index (Phi) is 3.70. The molecule has 2 aromatic heterocycles. The quantitative estimate of drug-likeness (QED) is 0.931. The minimum atomic E-state index is 0.0110. The van der Waals surface area contributed by atoms with Gasteiger partial charge in [0.05, 0.1) is 12.7 Å². The van der Waals surface area contributed by atoms with Crippen LogP contribution in [0.2, 0.25) is 0 Å². The SMILES string of the molecule is C=C(NCc1c(OC)nc(C)n2ccnc12)C(C)(C)C. The lowest BCUT2D eigenvalue weighted by atomic mass is 9.93. The standard InChI is InChI=1S/C15H22N4O/c1-10(15(3,4)5)17-9-12-13-16-7-8-19(13)11(2)18-14(12)20-6/h7-8,17H,1,9H2,2-6H3. The monoisotopic (exact) mass is 274 g/mol. The molecule has 5 nitrogen and oxygen atoms in total. The van der Waals surface area contributed by atoms with Gasteiger partial charge in [0, 0.05) is 30.1 Å². The topological polar surface area (TPSA) is 51.5 Å². The summed E-state index contributed by atoms with van der Waals surface area (Å²) in [5.74, 6) is 1.46. The average molecular weight is 274 g/mol. The van der Waals surface area contributed by atoms with Gasteiger partial charge in [0.15, 0.2) is 0 Å². The van der Waals surface area contributed by atoms with Crippen molar-refractivity contribution in [3.05, 3.63) is 36.1 Å². The highest BCUT2D eigenvalue weighted by Gasteiger charge is 2.18. The molecule has 0 saturated carbocycles. The van der Waals surface area contributed by atoms with Crippen LogP contribution in [-0.2, 0) is 6.54 Å². The lowest BCUT2D eigenvalue weighted by Crippen LogP contribution is -2.24. The first-order valence-corrected chi connectivity index (χ1v) is 6.64. The first-order valence-electron chi connectivity index (χ1n) is 6.64. The number of aromatic nitrogens is 3. The van der Waals surface area contributed by atoms with Crippen LogP contribution in [-0.4, -0.2) is 21.5 Å². The molecule has 0 atom stereocenters. The van der Waals surface area contributed by atoms with Gasteiger partial charge in [-0.1, -0.05) is 27.4 Å². The van der Waals surface area contributed by atoms with Crippen LogP contribution >= 0.6 is 0 Å². The number of ether oxygens (including phenoxy) is 1. The van der Waals surface area contributed by atoms with E-state index in [1.807, 2.05) is 17.5 Å². The molecule has 0 aliphatic rings. The minimum Gasteiger partial charge on any atom is -0.481 e. The molecule has 0 aromatic carbocycles. The van der Waals surface area contributed by atoms with E-state index in [1.54, 1.807) is 13.3 Å². The molecule has 108 valence electrons. The molecule has 2 rings (SSSR count). The maximum Gasteiger partial charge on any atom is 0.223 e. The lowest BCUT2D eigenvalue weighted by Gasteiger charge is -2.23. The van der Waals surface area contributed by atoms with Gasteiger partial charge in [-0.3, -0.25) is 4.40 Å². The van der Waals surface area contributed by atoms with Gasteiger partial charge in [0.1, 0.15) is 11.5 Å². The Bertz CT molecular complexity index is 637. The van der Waals surface area contributed by atoms with Gasteiger partial charge < -0.3 is 10.1 Å². The Labute approximate surface area is 119 Å². The van der Waals surface area contributed by atoms with Crippen LogP contribution in [0.3, 0.4) is 0 Å². The van der Waals surface area contributed by atoms with E-state index in [-0.39, 0.29) is 5.41 Å². The maximum atomic E-state index is 5.39. The number of nitrogens with one attached hydrogen (secondary N) is 1. The van der Waals surface area contributed by atoms with Crippen molar-refractivity contribution in [3.8, 4) is 5.88 Å². The summed E-state index contributed by atoms with van der Waals surface area (Å²) in [6.07, 6.45) is 3.67. The fraction of sp³-hybridized carbons (Fsp3) is 0.467. The summed E-state index contributed by atoms with van der Waals surface area (Å²) in [6, 6.07) is 0. The van der Waals surface area contributed by atoms with Crippen molar-refractivity contribution in [1.29, 1.82) is 0 Å². The molecule has 0 unspecified atom stereocenters. The van der Waals surface area contributed by atoms with E-state index in [2.05, 4.69) is 42.6 Å². The third-order valence-corrected chi connectivity index (χ3v) is 3.36. The number of allylic oxidation sites excluding steroid dienone is 1. The number of hydrogen-bond acceptors (Lipinski definition) is 4. The van der Waals surface area contributed by atoms with E-state index in [1.165, 1.54) is 0 Å². The Hall–Kier alpha value is -2.04. The lowest BCUT2D eigenvalue weighted by molar-refractivity contribution is 0.387. The molecule has 0 radical (unpaired) electrons. The average Bonchev–Trinajstić information content (AvgIpc) is 2.85. The number of rotatable bonds is 4. The number of hydrogen-bond donors (Lipinski definition) is 1. The summed E-state index contributed by atoms with van der Waals surface area (Å²) in [4.78, 5) is 8.86. The van der Waals surface area contributed by atoms with Crippen LogP contribution in [0.5, 0.6) is 5.88 Å². The van der Waals surface area contributed by atoms with Gasteiger partial charge in [-0.2, -0.15) is 4.98 Å². The highest BCUT2D eigenvalue weighted by atomic mass is 16.5. The van der Waals surface area contributed by atoms with Crippen molar-refractivity contribution < 1.29 is 4.74 Å². The van der Waals surface area contributed by atoms with Crippen LogP contribution in [0.4, 0.5) is 0 Å². The van der Waals surface area contributed by atoms with E-state index in [9.17, 15) is 0 Å². The van der Waals surface area contributed by atoms with Gasteiger partial charge in [0.25, 0.3) is 0 Å². The molecular weight excluding hydrogens is 252 g/mol. The van der Waals surface area contributed by atoms with Crippen molar-refractivity contribution in [2.45, 2.75) is 34.2 Å². The van der Waals surface area contributed by atoms with Crippen LogP contribution in [0, 0.1) is 12.3 Å². The first-order chi connectivity index (χ1) is 9.34. The van der Waals surface area contributed by atoms with Gasteiger partial charge in [-0.15, -0.1) is 0 Å². The second-order valence-corrected chi connectivity index (χ2v) is 5.85. The zero-order valence-corrected chi connectivity index (χ0v) is 12.8. The Morgan fingerprint density at radius 3 is 2.75 bits per heavy atom. The van der Waals surface area contributed by atoms with Gasteiger partial charge in [-0.05, 0) is 6.92 Å². The fourth-order valence-electron chi connectivity index (χ4n) is 1.94. The third-order valence-electron chi connectivity index (χ3n) is 3.36. The van der Waals surface area contributed by atoms with Crippen LogP contribution in [0.15, 0.2) is 24.7 Å². The number of aryl methyl sites for hydroxylation is 1. The number of methoxy groups -OCH3 is 1. The van der Waals surface area contributed by atoms with Gasteiger partial charge in [0.2, 0.25) is 5.88 Å². The van der Waals surface area contributed by atoms with Crippen LogP contribution in [0.25, 0.3) is 5.65 Å².